The summed E-state index contributed by atoms with van der Waals surface area (Å²) in [5.41, 5.74) is 2.48. The second kappa shape index (κ2) is 17.5. The van der Waals surface area contributed by atoms with Crippen molar-refractivity contribution < 1.29 is 18.3 Å². The summed E-state index contributed by atoms with van der Waals surface area (Å²) in [5, 5.41) is 0. The van der Waals surface area contributed by atoms with Crippen molar-refractivity contribution in [2.24, 2.45) is 0 Å². The lowest BCUT2D eigenvalue weighted by Crippen LogP contribution is -2.37. The molecule has 4 nitrogen and oxygen atoms in total. The van der Waals surface area contributed by atoms with Crippen molar-refractivity contribution in [2.75, 3.05) is 13.2 Å². The summed E-state index contributed by atoms with van der Waals surface area (Å²) in [5.74, 6) is 1.92. The molecule has 4 atom stereocenters. The summed E-state index contributed by atoms with van der Waals surface area (Å²) < 4.78 is 25.7. The molecule has 2 saturated heterocycles. The Hall–Kier alpha value is -1.61. The number of ether oxygens (including phenoxy) is 2. The van der Waals surface area contributed by atoms with Gasteiger partial charge in [-0.3, -0.25) is 0 Å². The van der Waals surface area contributed by atoms with Crippen LogP contribution < -0.4 is 9.47 Å². The van der Waals surface area contributed by atoms with Crippen molar-refractivity contribution in [3.05, 3.63) is 59.7 Å². The van der Waals surface area contributed by atoms with Crippen LogP contribution in [0.5, 0.6) is 11.5 Å². The second-order valence-corrected chi connectivity index (χ2v) is 23.5. The summed E-state index contributed by atoms with van der Waals surface area (Å²) in [4.78, 5) is 0. The second-order valence-electron chi connectivity index (χ2n) is 15.2. The first-order valence-corrected chi connectivity index (χ1v) is 24.0. The van der Waals surface area contributed by atoms with Crippen LogP contribution in [0.2, 0.25) is 37.3 Å². The molecule has 0 aromatic heterocycles. The third-order valence-electron chi connectivity index (χ3n) is 10.5. The highest BCUT2D eigenvalue weighted by Crippen LogP contribution is 2.34. The maximum absolute atomic E-state index is 6.65. The quantitative estimate of drug-likeness (QED) is 0.169. The van der Waals surface area contributed by atoms with E-state index in [1.165, 1.54) is 99.5 Å². The maximum atomic E-state index is 6.65. The highest BCUT2D eigenvalue weighted by Gasteiger charge is 2.32. The Kier molecular flexibility index (Phi) is 14.1. The van der Waals surface area contributed by atoms with E-state index in [-0.39, 0.29) is 5.41 Å². The van der Waals surface area contributed by atoms with E-state index in [9.17, 15) is 0 Å². The van der Waals surface area contributed by atoms with E-state index < -0.39 is 16.6 Å². The molecule has 0 saturated carbocycles. The van der Waals surface area contributed by atoms with Crippen LogP contribution >= 0.6 is 0 Å². The first-order chi connectivity index (χ1) is 21.6. The smallest absolute Gasteiger partial charge is 0.190 e. The molecule has 45 heavy (non-hydrogen) atoms. The van der Waals surface area contributed by atoms with Crippen molar-refractivity contribution in [2.45, 2.75) is 160 Å². The zero-order valence-electron chi connectivity index (χ0n) is 29.6. The van der Waals surface area contributed by atoms with Crippen LogP contribution in [-0.4, -0.2) is 42.1 Å². The van der Waals surface area contributed by atoms with Crippen molar-refractivity contribution in [1.82, 2.24) is 0 Å². The van der Waals surface area contributed by atoms with E-state index in [0.29, 0.717) is 12.2 Å². The molecule has 252 valence electrons. The van der Waals surface area contributed by atoms with E-state index in [1.54, 1.807) is 0 Å². The number of benzene rings is 2. The highest BCUT2D eigenvalue weighted by atomic mass is 28.4. The van der Waals surface area contributed by atoms with E-state index in [4.69, 9.17) is 18.3 Å². The Balaban J connectivity index is 1.21. The molecule has 2 aromatic carbocycles. The van der Waals surface area contributed by atoms with E-state index in [2.05, 4.69) is 89.3 Å². The molecule has 2 aromatic rings. The van der Waals surface area contributed by atoms with Gasteiger partial charge in [0, 0.05) is 17.6 Å². The van der Waals surface area contributed by atoms with Gasteiger partial charge in [0.25, 0.3) is 0 Å². The van der Waals surface area contributed by atoms with E-state index >= 15 is 0 Å². The molecule has 0 N–H and O–H groups in total. The van der Waals surface area contributed by atoms with Gasteiger partial charge in [-0.05, 0) is 112 Å². The lowest BCUT2D eigenvalue weighted by Gasteiger charge is -2.30. The topological polar surface area (TPSA) is 36.9 Å². The first-order valence-electron chi connectivity index (χ1n) is 18.4. The molecule has 2 fully saturated rings. The van der Waals surface area contributed by atoms with Crippen LogP contribution in [0, 0.1) is 0 Å². The fourth-order valence-electron chi connectivity index (χ4n) is 7.52. The van der Waals surface area contributed by atoms with Crippen LogP contribution in [-0.2, 0) is 14.3 Å². The van der Waals surface area contributed by atoms with Gasteiger partial charge in [-0.1, -0.05) is 89.5 Å². The normalized spacial score (nSPS) is 27.2. The Morgan fingerprint density at radius 1 is 0.600 bits per heavy atom. The standard InChI is InChI=1S/C39H64O4Si2/c1-33-17-11-7-9-13-29-44(5,42-33)31-15-27-40-37-23-19-35(20-24-37)39(3,4)36-21-25-38(26-22-36)41-28-16-32-45(6)30-14-10-8-12-18-34(2)43-45/h19-26,33-34H,7-18,27-32H2,1-6H3. The van der Waals surface area contributed by atoms with Gasteiger partial charge in [-0.25, -0.2) is 0 Å². The van der Waals surface area contributed by atoms with Gasteiger partial charge in [0.1, 0.15) is 11.5 Å². The van der Waals surface area contributed by atoms with Crippen molar-refractivity contribution in [1.29, 1.82) is 0 Å². The molecule has 0 spiro atoms. The van der Waals surface area contributed by atoms with Gasteiger partial charge in [-0.15, -0.1) is 0 Å². The predicted molar refractivity (Wildman–Crippen MR) is 195 cm³/mol. The summed E-state index contributed by atoms with van der Waals surface area (Å²) in [6, 6.07) is 22.4. The lowest BCUT2D eigenvalue weighted by atomic mass is 9.78. The van der Waals surface area contributed by atoms with Crippen LogP contribution in [0.25, 0.3) is 0 Å². The van der Waals surface area contributed by atoms with Gasteiger partial charge in [-0.2, -0.15) is 0 Å². The molecular weight excluding hydrogens is 589 g/mol. The van der Waals surface area contributed by atoms with Crippen molar-refractivity contribution in [3.63, 3.8) is 0 Å². The fourth-order valence-corrected chi connectivity index (χ4v) is 14.4. The summed E-state index contributed by atoms with van der Waals surface area (Å²) in [6.45, 7) is 15.6. The molecule has 2 aliphatic rings. The van der Waals surface area contributed by atoms with Crippen LogP contribution in [0.15, 0.2) is 48.5 Å². The highest BCUT2D eigenvalue weighted by molar-refractivity contribution is 6.72. The number of hydrogen-bond donors (Lipinski definition) is 0. The third kappa shape index (κ3) is 11.9. The zero-order valence-corrected chi connectivity index (χ0v) is 31.6. The SMILES string of the molecule is CC1CCCCCC[Si](C)(CCCOc2ccc(C(C)(C)c3ccc(OCCC[Si]4(C)CCCCCCC(C)O4)cc3)cc2)O1. The van der Waals surface area contributed by atoms with Gasteiger partial charge >= 0.3 is 0 Å². The van der Waals surface area contributed by atoms with Crippen molar-refractivity contribution >= 4 is 16.6 Å². The molecule has 0 bridgehead atoms. The number of hydrogen-bond acceptors (Lipinski definition) is 4. The van der Waals surface area contributed by atoms with Gasteiger partial charge in [0.15, 0.2) is 16.6 Å². The zero-order chi connectivity index (χ0) is 32.2. The average molecular weight is 653 g/mol. The van der Waals surface area contributed by atoms with Gasteiger partial charge in [0.2, 0.25) is 0 Å². The molecule has 2 aliphatic heterocycles. The Morgan fingerprint density at radius 3 is 1.38 bits per heavy atom. The monoisotopic (exact) mass is 652 g/mol. The van der Waals surface area contributed by atoms with E-state index in [0.717, 1.165) is 37.6 Å². The summed E-state index contributed by atoms with van der Waals surface area (Å²) in [6.07, 6.45) is 16.2. The largest absolute Gasteiger partial charge is 0.494 e. The summed E-state index contributed by atoms with van der Waals surface area (Å²) >= 11 is 0. The molecule has 6 heteroatoms. The van der Waals surface area contributed by atoms with Crippen LogP contribution in [0.4, 0.5) is 0 Å². The first kappa shape index (κ1) is 36.2. The lowest BCUT2D eigenvalue weighted by molar-refractivity contribution is 0.194. The maximum Gasteiger partial charge on any atom is 0.190 e. The molecule has 2 heterocycles. The Morgan fingerprint density at radius 2 is 0.978 bits per heavy atom. The molecule has 0 amide bonds. The molecule has 0 radical (unpaired) electrons. The predicted octanol–water partition coefficient (Wildman–Crippen LogP) is 11.4. The van der Waals surface area contributed by atoms with Crippen LogP contribution in [0.1, 0.15) is 116 Å². The molecule has 4 unspecified atom stereocenters. The molecule has 4 rings (SSSR count). The molecule has 0 aliphatic carbocycles. The summed E-state index contributed by atoms with van der Waals surface area (Å²) in [7, 11) is -3.30. The minimum atomic E-state index is -1.65. The average Bonchev–Trinajstić information content (AvgIpc) is 3.15. The van der Waals surface area contributed by atoms with Gasteiger partial charge in [0.05, 0.1) is 13.2 Å². The van der Waals surface area contributed by atoms with Crippen molar-refractivity contribution in [3.8, 4) is 11.5 Å². The Labute approximate surface area is 278 Å². The minimum Gasteiger partial charge on any atom is -0.494 e. The fraction of sp³-hybridized carbons (Fsp3) is 0.692. The van der Waals surface area contributed by atoms with Crippen LogP contribution in [0.3, 0.4) is 0 Å². The minimum absolute atomic E-state index is 0.104. The number of rotatable bonds is 12. The third-order valence-corrected chi connectivity index (χ3v) is 18.1. The molecular formula is C39H64O4Si2. The van der Waals surface area contributed by atoms with E-state index in [1.807, 2.05) is 0 Å². The van der Waals surface area contributed by atoms with Gasteiger partial charge < -0.3 is 18.3 Å². The Bertz CT molecular complexity index is 1030.